The number of halogens is 2. The normalized spacial score (nSPS) is 13.0. The van der Waals surface area contributed by atoms with E-state index in [1.54, 1.807) is 0 Å². The van der Waals surface area contributed by atoms with Crippen molar-refractivity contribution in [3.8, 4) is 0 Å². The lowest BCUT2D eigenvalue weighted by molar-refractivity contribution is 0.0920. The fourth-order valence-electron chi connectivity index (χ4n) is 0.876. The first-order chi connectivity index (χ1) is 5.66. The first-order valence-corrected chi connectivity index (χ1v) is 3.39. The Morgan fingerprint density at radius 2 is 2.00 bits per heavy atom. The lowest BCUT2D eigenvalue weighted by atomic mass is 10.1. The SMILES string of the molecule is OCC(O)c1cccc(F)c1F. The van der Waals surface area contributed by atoms with Gasteiger partial charge in [-0.3, -0.25) is 0 Å². The van der Waals surface area contributed by atoms with Gasteiger partial charge in [-0.2, -0.15) is 0 Å². The fourth-order valence-corrected chi connectivity index (χ4v) is 0.876. The number of rotatable bonds is 2. The van der Waals surface area contributed by atoms with E-state index in [0.29, 0.717) is 0 Å². The van der Waals surface area contributed by atoms with Crippen LogP contribution in [-0.2, 0) is 0 Å². The van der Waals surface area contributed by atoms with Gasteiger partial charge < -0.3 is 10.2 Å². The van der Waals surface area contributed by atoms with Crippen LogP contribution in [0.1, 0.15) is 11.7 Å². The molecule has 0 amide bonds. The summed E-state index contributed by atoms with van der Waals surface area (Å²) in [6.45, 7) is -0.625. The topological polar surface area (TPSA) is 40.5 Å². The molecule has 0 aliphatic heterocycles. The van der Waals surface area contributed by atoms with Gasteiger partial charge in [0, 0.05) is 5.56 Å². The summed E-state index contributed by atoms with van der Waals surface area (Å²) in [6.07, 6.45) is -1.36. The van der Waals surface area contributed by atoms with E-state index in [1.165, 1.54) is 12.1 Å². The highest BCUT2D eigenvalue weighted by Crippen LogP contribution is 2.18. The molecule has 0 bridgehead atoms. The first-order valence-electron chi connectivity index (χ1n) is 3.39. The van der Waals surface area contributed by atoms with E-state index in [4.69, 9.17) is 10.2 Å². The lowest BCUT2D eigenvalue weighted by Gasteiger charge is -2.08. The van der Waals surface area contributed by atoms with Crippen LogP contribution in [0.2, 0.25) is 0 Å². The fraction of sp³-hybridized carbons (Fsp3) is 0.250. The zero-order valence-electron chi connectivity index (χ0n) is 6.17. The third-order valence-corrected chi connectivity index (χ3v) is 1.51. The summed E-state index contributed by atoms with van der Waals surface area (Å²) in [7, 11) is 0. The van der Waals surface area contributed by atoms with E-state index < -0.39 is 24.3 Å². The van der Waals surface area contributed by atoms with Crippen molar-refractivity contribution in [1.29, 1.82) is 0 Å². The minimum atomic E-state index is -1.36. The molecule has 0 radical (unpaired) electrons. The number of hydrogen-bond acceptors (Lipinski definition) is 2. The molecule has 0 aliphatic rings. The van der Waals surface area contributed by atoms with Crippen molar-refractivity contribution in [2.24, 2.45) is 0 Å². The van der Waals surface area contributed by atoms with E-state index >= 15 is 0 Å². The molecule has 66 valence electrons. The second-order valence-corrected chi connectivity index (χ2v) is 2.34. The summed E-state index contributed by atoms with van der Waals surface area (Å²) in [5, 5.41) is 17.4. The highest BCUT2D eigenvalue weighted by Gasteiger charge is 2.14. The molecule has 0 aromatic heterocycles. The third-order valence-electron chi connectivity index (χ3n) is 1.51. The summed E-state index contributed by atoms with van der Waals surface area (Å²) < 4.78 is 25.3. The number of hydrogen-bond donors (Lipinski definition) is 2. The predicted molar refractivity (Wildman–Crippen MR) is 38.4 cm³/mol. The second-order valence-electron chi connectivity index (χ2n) is 2.34. The maximum Gasteiger partial charge on any atom is 0.164 e. The van der Waals surface area contributed by atoms with Crippen LogP contribution in [0.3, 0.4) is 0 Å². The van der Waals surface area contributed by atoms with Crippen LogP contribution in [0.25, 0.3) is 0 Å². The zero-order valence-corrected chi connectivity index (χ0v) is 6.17. The summed E-state index contributed by atoms with van der Waals surface area (Å²) in [6, 6.07) is 3.44. The Bertz CT molecular complexity index is 276. The van der Waals surface area contributed by atoms with Crippen molar-refractivity contribution >= 4 is 0 Å². The van der Waals surface area contributed by atoms with Crippen LogP contribution in [0, 0.1) is 11.6 Å². The lowest BCUT2D eigenvalue weighted by Crippen LogP contribution is -2.06. The quantitative estimate of drug-likeness (QED) is 0.701. The van der Waals surface area contributed by atoms with E-state index in [0.717, 1.165) is 6.07 Å². The van der Waals surface area contributed by atoms with Crippen LogP contribution in [0.15, 0.2) is 18.2 Å². The predicted octanol–water partition coefficient (Wildman–Crippen LogP) is 0.990. The highest BCUT2D eigenvalue weighted by atomic mass is 19.2. The molecule has 1 unspecified atom stereocenters. The molecular weight excluding hydrogens is 166 g/mol. The first kappa shape index (κ1) is 9.09. The summed E-state index contributed by atoms with van der Waals surface area (Å²) >= 11 is 0. The van der Waals surface area contributed by atoms with Crippen molar-refractivity contribution < 1.29 is 19.0 Å². The molecule has 1 atom stereocenters. The van der Waals surface area contributed by atoms with Gasteiger partial charge in [0.15, 0.2) is 11.6 Å². The number of aliphatic hydroxyl groups is 2. The maximum atomic E-state index is 12.8. The monoisotopic (exact) mass is 174 g/mol. The summed E-state index contributed by atoms with van der Waals surface area (Å²) in [4.78, 5) is 0. The van der Waals surface area contributed by atoms with Gasteiger partial charge in [0.2, 0.25) is 0 Å². The Kier molecular flexibility index (Phi) is 2.73. The molecule has 0 spiro atoms. The van der Waals surface area contributed by atoms with Gasteiger partial charge in [0.25, 0.3) is 0 Å². The van der Waals surface area contributed by atoms with Gasteiger partial charge in [-0.25, -0.2) is 8.78 Å². The minimum absolute atomic E-state index is 0.225. The molecule has 2 nitrogen and oxygen atoms in total. The molecule has 1 aromatic rings. The van der Waals surface area contributed by atoms with Crippen LogP contribution in [-0.4, -0.2) is 16.8 Å². The van der Waals surface area contributed by atoms with Crippen molar-refractivity contribution in [2.45, 2.75) is 6.10 Å². The van der Waals surface area contributed by atoms with E-state index in [2.05, 4.69) is 0 Å². The largest absolute Gasteiger partial charge is 0.393 e. The molecule has 0 fully saturated rings. The Morgan fingerprint density at radius 1 is 1.33 bits per heavy atom. The molecular formula is C8H8F2O2. The zero-order chi connectivity index (χ0) is 9.14. The van der Waals surface area contributed by atoms with Crippen LogP contribution in [0.5, 0.6) is 0 Å². The van der Waals surface area contributed by atoms with E-state index in [-0.39, 0.29) is 5.56 Å². The van der Waals surface area contributed by atoms with Gasteiger partial charge in [0.05, 0.1) is 6.61 Å². The highest BCUT2D eigenvalue weighted by molar-refractivity contribution is 5.21. The standard InChI is InChI=1S/C8H8F2O2/c9-6-3-1-2-5(8(6)10)7(12)4-11/h1-3,7,11-12H,4H2. The van der Waals surface area contributed by atoms with Gasteiger partial charge in [0.1, 0.15) is 6.10 Å². The molecule has 12 heavy (non-hydrogen) atoms. The second kappa shape index (κ2) is 3.60. The summed E-state index contributed by atoms with van der Waals surface area (Å²) in [5.41, 5.74) is -0.225. The van der Waals surface area contributed by atoms with Gasteiger partial charge in [-0.15, -0.1) is 0 Å². The van der Waals surface area contributed by atoms with Gasteiger partial charge >= 0.3 is 0 Å². The molecule has 0 aliphatic carbocycles. The van der Waals surface area contributed by atoms with Gasteiger partial charge in [-0.05, 0) is 6.07 Å². The molecule has 0 saturated carbocycles. The Labute approximate surface area is 68.1 Å². The van der Waals surface area contributed by atoms with Crippen molar-refractivity contribution in [2.75, 3.05) is 6.61 Å². The Balaban J connectivity index is 3.07. The van der Waals surface area contributed by atoms with E-state index in [9.17, 15) is 8.78 Å². The van der Waals surface area contributed by atoms with E-state index in [1.807, 2.05) is 0 Å². The van der Waals surface area contributed by atoms with Crippen molar-refractivity contribution in [3.63, 3.8) is 0 Å². The maximum absolute atomic E-state index is 12.8. The average molecular weight is 174 g/mol. The minimum Gasteiger partial charge on any atom is -0.393 e. The van der Waals surface area contributed by atoms with Crippen LogP contribution < -0.4 is 0 Å². The molecule has 0 heterocycles. The van der Waals surface area contributed by atoms with Crippen molar-refractivity contribution in [3.05, 3.63) is 35.4 Å². The third kappa shape index (κ3) is 1.60. The van der Waals surface area contributed by atoms with Crippen LogP contribution in [0.4, 0.5) is 8.78 Å². The van der Waals surface area contributed by atoms with Crippen molar-refractivity contribution in [1.82, 2.24) is 0 Å². The molecule has 1 aromatic carbocycles. The van der Waals surface area contributed by atoms with Gasteiger partial charge in [-0.1, -0.05) is 12.1 Å². The Hall–Kier alpha value is -1.00. The average Bonchev–Trinajstić information content (AvgIpc) is 2.08. The number of aliphatic hydroxyl groups excluding tert-OH is 2. The number of benzene rings is 1. The molecule has 2 N–H and O–H groups in total. The smallest absolute Gasteiger partial charge is 0.164 e. The summed E-state index contributed by atoms with van der Waals surface area (Å²) in [5.74, 6) is -2.14. The van der Waals surface area contributed by atoms with Crippen LogP contribution >= 0.6 is 0 Å². The molecule has 1 rings (SSSR count). The molecule has 0 saturated heterocycles. The molecule has 4 heteroatoms. The Morgan fingerprint density at radius 3 is 2.58 bits per heavy atom.